The van der Waals surface area contributed by atoms with Crippen LogP contribution in [0.4, 0.5) is 5.69 Å². The van der Waals surface area contributed by atoms with E-state index in [9.17, 15) is 4.79 Å². The van der Waals surface area contributed by atoms with Gasteiger partial charge in [0.25, 0.3) is 11.7 Å². The number of nitrogens with one attached hydrogen (secondary N) is 1. The first-order valence-electron chi connectivity index (χ1n) is 8.68. The third kappa shape index (κ3) is 2.92. The molecule has 2 aromatic carbocycles. The molecule has 1 heterocycles. The lowest BCUT2D eigenvalue weighted by Crippen LogP contribution is -2.34. The number of hydrogen-bond acceptors (Lipinski definition) is 5. The molecule has 2 aliphatic rings. The van der Waals surface area contributed by atoms with E-state index in [-0.39, 0.29) is 5.91 Å². The first kappa shape index (κ1) is 16.6. The lowest BCUT2D eigenvalue weighted by atomic mass is 10.1. The number of rotatable bonds is 4. The summed E-state index contributed by atoms with van der Waals surface area (Å²) in [6.07, 6.45) is 4.01. The molecule has 1 aliphatic carbocycles. The number of amides is 1. The number of carbonyl (C=O) groups is 1. The van der Waals surface area contributed by atoms with Gasteiger partial charge < -0.3 is 24.3 Å². The Kier molecular flexibility index (Phi) is 4.11. The molecular weight excluding hydrogens is 334 g/mol. The van der Waals surface area contributed by atoms with E-state index in [1.54, 1.807) is 31.4 Å². The molecule has 0 atom stereocenters. The number of benzene rings is 2. The second-order valence-electron chi connectivity index (χ2n) is 6.51. The van der Waals surface area contributed by atoms with Crippen LogP contribution in [0.2, 0.25) is 0 Å². The van der Waals surface area contributed by atoms with Gasteiger partial charge in [0, 0.05) is 30.2 Å². The van der Waals surface area contributed by atoms with Crippen LogP contribution in [0.5, 0.6) is 23.0 Å². The molecule has 0 saturated heterocycles. The summed E-state index contributed by atoms with van der Waals surface area (Å²) in [5.74, 6) is 1.75. The van der Waals surface area contributed by atoms with Gasteiger partial charge in [0.15, 0.2) is 23.0 Å². The fraction of sp³-hybridized carbons (Fsp3) is 0.350. The average Bonchev–Trinajstić information content (AvgIpc) is 3.26. The van der Waals surface area contributed by atoms with Crippen molar-refractivity contribution in [2.45, 2.75) is 31.5 Å². The summed E-state index contributed by atoms with van der Waals surface area (Å²) in [5, 5.41) is 2.88. The normalized spacial score (nSPS) is 16.5. The van der Waals surface area contributed by atoms with Crippen molar-refractivity contribution < 1.29 is 23.7 Å². The van der Waals surface area contributed by atoms with Gasteiger partial charge in [0.05, 0.1) is 14.2 Å². The van der Waals surface area contributed by atoms with Gasteiger partial charge in [-0.3, -0.25) is 4.79 Å². The van der Waals surface area contributed by atoms with Crippen molar-refractivity contribution in [3.8, 4) is 23.0 Å². The van der Waals surface area contributed by atoms with Crippen molar-refractivity contribution in [1.29, 1.82) is 0 Å². The molecule has 1 saturated carbocycles. The number of ether oxygens (including phenoxy) is 4. The van der Waals surface area contributed by atoms with Gasteiger partial charge in [0.1, 0.15) is 0 Å². The summed E-state index contributed by atoms with van der Waals surface area (Å²) >= 11 is 0. The first-order valence-corrected chi connectivity index (χ1v) is 8.68. The molecule has 1 fully saturated rings. The summed E-state index contributed by atoms with van der Waals surface area (Å²) in [7, 11) is 3.09. The van der Waals surface area contributed by atoms with E-state index in [1.807, 2.05) is 12.1 Å². The minimum atomic E-state index is -0.506. The topological polar surface area (TPSA) is 66.0 Å². The monoisotopic (exact) mass is 355 g/mol. The fourth-order valence-electron chi connectivity index (χ4n) is 3.47. The summed E-state index contributed by atoms with van der Waals surface area (Å²) in [5.41, 5.74) is 1.13. The number of methoxy groups -OCH3 is 2. The Hall–Kier alpha value is -2.89. The van der Waals surface area contributed by atoms with Gasteiger partial charge in [0.2, 0.25) is 0 Å². The molecule has 136 valence electrons. The van der Waals surface area contributed by atoms with Crippen LogP contribution < -0.4 is 24.3 Å². The van der Waals surface area contributed by atoms with Crippen molar-refractivity contribution in [3.05, 3.63) is 42.0 Å². The molecule has 0 aromatic heterocycles. The maximum absolute atomic E-state index is 12.6. The van der Waals surface area contributed by atoms with Gasteiger partial charge >= 0.3 is 0 Å². The molecule has 2 aromatic rings. The van der Waals surface area contributed by atoms with Crippen LogP contribution in [0.15, 0.2) is 36.4 Å². The highest BCUT2D eigenvalue weighted by atomic mass is 16.7. The Morgan fingerprint density at radius 2 is 1.69 bits per heavy atom. The predicted molar refractivity (Wildman–Crippen MR) is 96.4 cm³/mol. The van der Waals surface area contributed by atoms with Crippen molar-refractivity contribution >= 4 is 11.6 Å². The second kappa shape index (κ2) is 6.44. The Balaban J connectivity index is 1.51. The van der Waals surface area contributed by atoms with Crippen LogP contribution in [0.1, 0.15) is 36.0 Å². The van der Waals surface area contributed by atoms with Gasteiger partial charge in [-0.25, -0.2) is 0 Å². The van der Waals surface area contributed by atoms with E-state index in [2.05, 4.69) is 5.32 Å². The average molecular weight is 355 g/mol. The first-order chi connectivity index (χ1) is 12.6. The van der Waals surface area contributed by atoms with Crippen LogP contribution in [-0.4, -0.2) is 25.9 Å². The number of carbonyl (C=O) groups excluding carboxylic acids is 1. The van der Waals surface area contributed by atoms with E-state index in [1.165, 1.54) is 7.11 Å². The summed E-state index contributed by atoms with van der Waals surface area (Å²) in [4.78, 5) is 12.6. The zero-order valence-corrected chi connectivity index (χ0v) is 14.8. The minimum absolute atomic E-state index is 0.236. The van der Waals surface area contributed by atoms with E-state index in [4.69, 9.17) is 18.9 Å². The molecule has 6 heteroatoms. The summed E-state index contributed by atoms with van der Waals surface area (Å²) < 4.78 is 22.5. The van der Waals surface area contributed by atoms with Crippen LogP contribution in [0, 0.1) is 0 Å². The highest BCUT2D eigenvalue weighted by Crippen LogP contribution is 2.47. The van der Waals surface area contributed by atoms with Crippen LogP contribution in [0.25, 0.3) is 0 Å². The van der Waals surface area contributed by atoms with Crippen LogP contribution in [0.3, 0.4) is 0 Å². The Morgan fingerprint density at radius 1 is 0.962 bits per heavy atom. The van der Waals surface area contributed by atoms with Gasteiger partial charge in [-0.15, -0.1) is 0 Å². The zero-order valence-electron chi connectivity index (χ0n) is 14.8. The molecule has 0 bridgehead atoms. The molecule has 6 nitrogen and oxygen atoms in total. The van der Waals surface area contributed by atoms with Crippen LogP contribution in [-0.2, 0) is 0 Å². The van der Waals surface area contributed by atoms with E-state index in [0.29, 0.717) is 28.5 Å². The Morgan fingerprint density at radius 3 is 2.42 bits per heavy atom. The Labute approximate surface area is 152 Å². The third-order valence-corrected chi connectivity index (χ3v) is 4.80. The van der Waals surface area contributed by atoms with Crippen molar-refractivity contribution in [2.24, 2.45) is 0 Å². The van der Waals surface area contributed by atoms with E-state index < -0.39 is 5.79 Å². The second-order valence-corrected chi connectivity index (χ2v) is 6.51. The standard InChI is InChI=1S/C20H21NO5/c1-23-15-7-5-13(11-17(15)24-2)19(22)21-14-6-8-16-18(12-14)26-20(25-16)9-3-4-10-20/h5-8,11-12H,3-4,9-10H2,1-2H3,(H,21,22). The van der Waals surface area contributed by atoms with Crippen LogP contribution >= 0.6 is 0 Å². The number of anilines is 1. The molecule has 1 N–H and O–H groups in total. The van der Waals surface area contributed by atoms with Crippen molar-refractivity contribution in [1.82, 2.24) is 0 Å². The minimum Gasteiger partial charge on any atom is -0.493 e. The SMILES string of the molecule is COc1ccc(C(=O)Nc2ccc3c(c2)OC2(CCCC2)O3)cc1OC. The summed E-state index contributed by atoms with van der Waals surface area (Å²) in [6, 6.07) is 10.5. The van der Waals surface area contributed by atoms with Crippen molar-refractivity contribution in [3.63, 3.8) is 0 Å². The number of fused-ring (bicyclic) bond motifs is 1. The largest absolute Gasteiger partial charge is 0.493 e. The molecule has 0 unspecified atom stereocenters. The number of hydrogen-bond donors (Lipinski definition) is 1. The molecule has 1 amide bonds. The van der Waals surface area contributed by atoms with Crippen molar-refractivity contribution in [2.75, 3.05) is 19.5 Å². The zero-order chi connectivity index (χ0) is 18.1. The summed E-state index contributed by atoms with van der Waals surface area (Å²) in [6.45, 7) is 0. The van der Waals surface area contributed by atoms with Gasteiger partial charge in [-0.1, -0.05) is 0 Å². The van der Waals surface area contributed by atoms with Gasteiger partial charge in [-0.05, 0) is 43.2 Å². The smallest absolute Gasteiger partial charge is 0.255 e. The highest BCUT2D eigenvalue weighted by Gasteiger charge is 2.44. The molecule has 1 spiro atoms. The fourth-order valence-corrected chi connectivity index (χ4v) is 3.47. The quantitative estimate of drug-likeness (QED) is 0.898. The van der Waals surface area contributed by atoms with Gasteiger partial charge in [-0.2, -0.15) is 0 Å². The molecule has 26 heavy (non-hydrogen) atoms. The molecule has 4 rings (SSSR count). The molecule has 1 aliphatic heterocycles. The third-order valence-electron chi connectivity index (χ3n) is 4.80. The highest BCUT2D eigenvalue weighted by molar-refractivity contribution is 6.04. The predicted octanol–water partition coefficient (Wildman–Crippen LogP) is 4.00. The molecular formula is C20H21NO5. The lowest BCUT2D eigenvalue weighted by molar-refractivity contribution is -0.0716. The lowest BCUT2D eigenvalue weighted by Gasteiger charge is -2.21. The maximum atomic E-state index is 12.6. The van der Waals surface area contributed by atoms with E-state index >= 15 is 0 Å². The Bertz CT molecular complexity index is 842. The van der Waals surface area contributed by atoms with E-state index in [0.717, 1.165) is 31.4 Å². The maximum Gasteiger partial charge on any atom is 0.255 e. The molecule has 0 radical (unpaired) electrons.